The van der Waals surface area contributed by atoms with Gasteiger partial charge >= 0.3 is 0 Å². The molecule has 1 atom stereocenters. The summed E-state index contributed by atoms with van der Waals surface area (Å²) in [4.78, 5) is 11.9. The number of hydrogen-bond donors (Lipinski definition) is 2. The maximum absolute atomic E-state index is 11.9. The largest absolute Gasteiger partial charge is 0.373 e. The van der Waals surface area contributed by atoms with E-state index in [1.165, 1.54) is 0 Å². The molecule has 4 heteroatoms. The van der Waals surface area contributed by atoms with Crippen LogP contribution in [0.5, 0.6) is 0 Å². The van der Waals surface area contributed by atoms with Gasteiger partial charge in [0.25, 0.3) is 0 Å². The predicted octanol–water partition coefficient (Wildman–Crippen LogP) is 1.33. The second kappa shape index (κ2) is 4.94. The highest BCUT2D eigenvalue weighted by Gasteiger charge is 2.33. The summed E-state index contributed by atoms with van der Waals surface area (Å²) in [6.45, 7) is 3.49. The van der Waals surface area contributed by atoms with Gasteiger partial charge in [0, 0.05) is 25.1 Å². The van der Waals surface area contributed by atoms with E-state index in [-0.39, 0.29) is 17.0 Å². The summed E-state index contributed by atoms with van der Waals surface area (Å²) in [7, 11) is 0. The third-order valence-corrected chi connectivity index (χ3v) is 4.07. The summed E-state index contributed by atoms with van der Waals surface area (Å²) in [6.07, 6.45) is 6.86. The predicted molar refractivity (Wildman–Crippen MR) is 66.6 cm³/mol. The molecule has 3 N–H and O–H groups in total. The molecule has 0 aromatic heterocycles. The van der Waals surface area contributed by atoms with E-state index >= 15 is 0 Å². The first kappa shape index (κ1) is 12.8. The number of carbonyl (C=O) groups excluding carboxylic acids is 1. The van der Waals surface area contributed by atoms with Crippen LogP contribution in [0.3, 0.4) is 0 Å². The Hall–Kier alpha value is -0.610. The fourth-order valence-corrected chi connectivity index (χ4v) is 2.90. The number of amides is 1. The van der Waals surface area contributed by atoms with Crippen LogP contribution < -0.4 is 11.1 Å². The lowest BCUT2D eigenvalue weighted by molar-refractivity contribution is -0.123. The lowest BCUT2D eigenvalue weighted by atomic mass is 9.94. The number of nitrogens with two attached hydrogens (primary N) is 1. The van der Waals surface area contributed by atoms with E-state index in [1.807, 2.05) is 0 Å². The van der Waals surface area contributed by atoms with Crippen molar-refractivity contribution in [1.29, 1.82) is 0 Å². The van der Waals surface area contributed by atoms with Crippen LogP contribution in [0.4, 0.5) is 0 Å². The highest BCUT2D eigenvalue weighted by molar-refractivity contribution is 5.77. The van der Waals surface area contributed by atoms with E-state index < -0.39 is 0 Å². The smallest absolute Gasteiger partial charge is 0.221 e. The van der Waals surface area contributed by atoms with Gasteiger partial charge in [0.15, 0.2) is 0 Å². The Balaban J connectivity index is 1.74. The van der Waals surface area contributed by atoms with Crippen LogP contribution in [0.1, 0.15) is 51.9 Å². The number of carbonyl (C=O) groups is 1. The van der Waals surface area contributed by atoms with Crippen molar-refractivity contribution in [3.05, 3.63) is 0 Å². The van der Waals surface area contributed by atoms with E-state index in [0.29, 0.717) is 13.0 Å². The molecule has 1 amide bonds. The van der Waals surface area contributed by atoms with E-state index in [2.05, 4.69) is 12.2 Å². The molecule has 0 aromatic carbocycles. The van der Waals surface area contributed by atoms with Gasteiger partial charge in [-0.05, 0) is 32.6 Å². The Morgan fingerprint density at radius 1 is 1.29 bits per heavy atom. The number of hydrogen-bond acceptors (Lipinski definition) is 3. The molecule has 1 unspecified atom stereocenters. The third kappa shape index (κ3) is 3.42. The zero-order chi connectivity index (χ0) is 12.4. The number of nitrogens with one attached hydrogen (secondary N) is 1. The second-order valence-corrected chi connectivity index (χ2v) is 5.92. The average Bonchev–Trinajstić information content (AvgIpc) is 2.86. The van der Waals surface area contributed by atoms with Crippen molar-refractivity contribution in [1.82, 2.24) is 5.32 Å². The second-order valence-electron chi connectivity index (χ2n) is 5.92. The molecule has 17 heavy (non-hydrogen) atoms. The maximum atomic E-state index is 11.9. The molecular weight excluding hydrogens is 216 g/mol. The van der Waals surface area contributed by atoms with Gasteiger partial charge in [0.1, 0.15) is 0 Å². The minimum absolute atomic E-state index is 0.0751. The molecule has 2 fully saturated rings. The minimum atomic E-state index is -0.248. The van der Waals surface area contributed by atoms with Crippen LogP contribution in [0.25, 0.3) is 0 Å². The average molecular weight is 240 g/mol. The van der Waals surface area contributed by atoms with Gasteiger partial charge in [0.05, 0.1) is 5.60 Å². The van der Waals surface area contributed by atoms with Gasteiger partial charge in [-0.25, -0.2) is 0 Å². The van der Waals surface area contributed by atoms with E-state index in [9.17, 15) is 4.79 Å². The van der Waals surface area contributed by atoms with Crippen molar-refractivity contribution < 1.29 is 9.53 Å². The van der Waals surface area contributed by atoms with E-state index in [0.717, 1.165) is 45.1 Å². The zero-order valence-corrected chi connectivity index (χ0v) is 10.8. The summed E-state index contributed by atoms with van der Waals surface area (Å²) >= 11 is 0. The molecular formula is C13H24N2O2. The first-order valence-corrected chi connectivity index (χ1v) is 6.71. The Morgan fingerprint density at radius 2 is 2.00 bits per heavy atom. The lowest BCUT2D eigenvalue weighted by Gasteiger charge is -2.26. The Morgan fingerprint density at radius 3 is 2.59 bits per heavy atom. The topological polar surface area (TPSA) is 64.4 Å². The van der Waals surface area contributed by atoms with Gasteiger partial charge in [-0.1, -0.05) is 12.8 Å². The third-order valence-electron chi connectivity index (χ3n) is 4.07. The summed E-state index contributed by atoms with van der Waals surface area (Å²) in [6, 6.07) is 0. The SMILES string of the molecule is CC1(CNC(=O)CC2(N)CCCC2)CCCO1. The van der Waals surface area contributed by atoms with Crippen LogP contribution >= 0.6 is 0 Å². The summed E-state index contributed by atoms with van der Waals surface area (Å²) in [5.41, 5.74) is 5.78. The quantitative estimate of drug-likeness (QED) is 0.779. The molecule has 0 spiro atoms. The van der Waals surface area contributed by atoms with E-state index in [1.54, 1.807) is 0 Å². The lowest BCUT2D eigenvalue weighted by Crippen LogP contribution is -2.45. The highest BCUT2D eigenvalue weighted by atomic mass is 16.5. The van der Waals surface area contributed by atoms with Gasteiger partial charge in [-0.3, -0.25) is 4.79 Å². The van der Waals surface area contributed by atoms with Crippen LogP contribution in [0.15, 0.2) is 0 Å². The van der Waals surface area contributed by atoms with Crippen molar-refractivity contribution in [3.8, 4) is 0 Å². The molecule has 98 valence electrons. The molecule has 1 saturated carbocycles. The van der Waals surface area contributed by atoms with Gasteiger partial charge in [0.2, 0.25) is 5.91 Å². The molecule has 4 nitrogen and oxygen atoms in total. The van der Waals surface area contributed by atoms with Gasteiger partial charge < -0.3 is 15.8 Å². The molecule has 0 aromatic rings. The van der Waals surface area contributed by atoms with Crippen molar-refractivity contribution in [2.45, 2.75) is 63.0 Å². The fraction of sp³-hybridized carbons (Fsp3) is 0.923. The molecule has 2 rings (SSSR count). The van der Waals surface area contributed by atoms with Crippen LogP contribution in [0, 0.1) is 0 Å². The zero-order valence-electron chi connectivity index (χ0n) is 10.8. The first-order valence-electron chi connectivity index (χ1n) is 6.71. The van der Waals surface area contributed by atoms with Crippen molar-refractivity contribution in [3.63, 3.8) is 0 Å². The van der Waals surface area contributed by atoms with Crippen LogP contribution in [-0.2, 0) is 9.53 Å². The number of rotatable bonds is 4. The highest BCUT2D eigenvalue weighted by Crippen LogP contribution is 2.30. The van der Waals surface area contributed by atoms with Crippen molar-refractivity contribution in [2.75, 3.05) is 13.2 Å². The normalized spacial score (nSPS) is 31.6. The van der Waals surface area contributed by atoms with Crippen LogP contribution in [0.2, 0.25) is 0 Å². The monoisotopic (exact) mass is 240 g/mol. The first-order chi connectivity index (χ1) is 8.02. The molecule has 1 saturated heterocycles. The Kier molecular flexibility index (Phi) is 3.73. The fourth-order valence-electron chi connectivity index (χ4n) is 2.90. The molecule has 1 aliphatic heterocycles. The Bertz CT molecular complexity index is 279. The minimum Gasteiger partial charge on any atom is -0.373 e. The maximum Gasteiger partial charge on any atom is 0.221 e. The molecule has 1 heterocycles. The van der Waals surface area contributed by atoms with E-state index in [4.69, 9.17) is 10.5 Å². The van der Waals surface area contributed by atoms with Crippen molar-refractivity contribution in [2.24, 2.45) is 5.73 Å². The molecule has 1 aliphatic carbocycles. The summed E-state index contributed by atoms with van der Waals surface area (Å²) < 4.78 is 5.64. The van der Waals surface area contributed by atoms with Crippen LogP contribution in [-0.4, -0.2) is 30.2 Å². The molecule has 2 aliphatic rings. The Labute approximate surface area is 103 Å². The summed E-state index contributed by atoms with van der Waals surface area (Å²) in [5, 5.41) is 2.97. The molecule has 0 radical (unpaired) electrons. The van der Waals surface area contributed by atoms with Gasteiger partial charge in [-0.2, -0.15) is 0 Å². The van der Waals surface area contributed by atoms with Gasteiger partial charge in [-0.15, -0.1) is 0 Å². The van der Waals surface area contributed by atoms with Crippen molar-refractivity contribution >= 4 is 5.91 Å². The molecule has 0 bridgehead atoms. The number of ether oxygens (including phenoxy) is 1. The standard InChI is InChI=1S/C13H24N2O2/c1-12(5-4-8-17-12)10-15-11(16)9-13(14)6-2-3-7-13/h2-10,14H2,1H3,(H,15,16). The summed E-state index contributed by atoms with van der Waals surface area (Å²) in [5.74, 6) is 0.0751.